The first-order valence-electron chi connectivity index (χ1n) is 7.69. The molecule has 1 aliphatic rings. The second kappa shape index (κ2) is 6.21. The number of fused-ring (bicyclic) bond motifs is 2. The van der Waals surface area contributed by atoms with Crippen LogP contribution in [0.5, 0.6) is 5.75 Å². The number of hydrogen-bond acceptors (Lipinski definition) is 6. The number of pyridine rings is 1. The highest BCUT2D eigenvalue weighted by Crippen LogP contribution is 2.31. The molecular weight excluding hydrogens is 340 g/mol. The molecule has 25 heavy (non-hydrogen) atoms. The van der Waals surface area contributed by atoms with Crippen LogP contribution in [0.15, 0.2) is 47.8 Å². The molecule has 1 aromatic carbocycles. The van der Waals surface area contributed by atoms with Crippen molar-refractivity contribution in [3.63, 3.8) is 0 Å². The van der Waals surface area contributed by atoms with Crippen molar-refractivity contribution in [3.8, 4) is 5.75 Å². The largest absolute Gasteiger partial charge is 0.482 e. The van der Waals surface area contributed by atoms with E-state index in [1.54, 1.807) is 18.2 Å². The molecule has 0 fully saturated rings. The summed E-state index contributed by atoms with van der Waals surface area (Å²) in [5.41, 5.74) is 1.77. The van der Waals surface area contributed by atoms with Gasteiger partial charge in [-0.05, 0) is 37.3 Å². The number of anilines is 1. The van der Waals surface area contributed by atoms with E-state index in [4.69, 9.17) is 4.74 Å². The summed E-state index contributed by atoms with van der Waals surface area (Å²) in [7, 11) is 0. The lowest BCUT2D eigenvalue weighted by atomic mass is 10.1. The number of ketones is 1. The fraction of sp³-hybridized carbons (Fsp3) is 0.176. The van der Waals surface area contributed by atoms with Gasteiger partial charge >= 0.3 is 0 Å². The number of carbonyl (C=O) groups excluding carboxylic acids is 2. The molecule has 0 unspecified atom stereocenters. The number of amides is 1. The fourth-order valence-electron chi connectivity index (χ4n) is 2.58. The first-order valence-corrected chi connectivity index (χ1v) is 8.57. The zero-order valence-electron chi connectivity index (χ0n) is 13.3. The normalized spacial score (nSPS) is 14.5. The van der Waals surface area contributed by atoms with E-state index in [9.17, 15) is 9.59 Å². The van der Waals surface area contributed by atoms with Crippen molar-refractivity contribution in [2.75, 3.05) is 11.9 Å². The Morgan fingerprint density at radius 3 is 3.08 bits per heavy atom. The Balaban J connectivity index is 1.56. The zero-order chi connectivity index (χ0) is 17.4. The summed E-state index contributed by atoms with van der Waals surface area (Å²) in [4.78, 5) is 24.2. The van der Waals surface area contributed by atoms with Crippen molar-refractivity contribution in [3.05, 3.63) is 48.2 Å². The second-order valence-corrected chi connectivity index (χ2v) is 6.89. The minimum Gasteiger partial charge on any atom is -0.482 e. The minimum atomic E-state index is -0.356. The maximum absolute atomic E-state index is 12.7. The molecule has 3 aromatic rings. The van der Waals surface area contributed by atoms with Gasteiger partial charge in [-0.1, -0.05) is 17.8 Å². The number of thioether (sulfide) groups is 1. The molecule has 0 bridgehead atoms. The topological polar surface area (TPSA) is 85.6 Å². The van der Waals surface area contributed by atoms with Crippen molar-refractivity contribution >= 4 is 34.8 Å². The van der Waals surface area contributed by atoms with E-state index in [-0.39, 0.29) is 23.5 Å². The predicted molar refractivity (Wildman–Crippen MR) is 93.2 cm³/mol. The monoisotopic (exact) mass is 354 g/mol. The van der Waals surface area contributed by atoms with Gasteiger partial charge in [-0.25, -0.2) is 0 Å². The molecule has 1 aliphatic heterocycles. The van der Waals surface area contributed by atoms with Crippen LogP contribution in [0.4, 0.5) is 5.69 Å². The lowest BCUT2D eigenvalue weighted by Gasteiger charge is -2.18. The van der Waals surface area contributed by atoms with Crippen molar-refractivity contribution < 1.29 is 14.3 Å². The Labute approximate surface area is 147 Å². The molecule has 0 saturated heterocycles. The molecule has 1 amide bonds. The van der Waals surface area contributed by atoms with Crippen LogP contribution >= 0.6 is 11.8 Å². The van der Waals surface area contributed by atoms with Gasteiger partial charge in [0.25, 0.3) is 5.91 Å². The van der Waals surface area contributed by atoms with Gasteiger partial charge in [-0.3, -0.25) is 14.0 Å². The number of rotatable bonds is 4. The van der Waals surface area contributed by atoms with Gasteiger partial charge in [-0.15, -0.1) is 10.2 Å². The summed E-state index contributed by atoms with van der Waals surface area (Å²) in [5, 5.41) is 11.2. The SMILES string of the molecule is C[C@@H](Sc1nnc2ccccn12)C(=O)c1ccc2c(c1)NC(=O)CO2. The number of benzene rings is 1. The Morgan fingerprint density at radius 1 is 1.32 bits per heavy atom. The third-order valence-electron chi connectivity index (χ3n) is 3.83. The van der Waals surface area contributed by atoms with Crippen LogP contribution in [-0.2, 0) is 4.79 Å². The van der Waals surface area contributed by atoms with Crippen LogP contribution in [0.25, 0.3) is 5.65 Å². The van der Waals surface area contributed by atoms with Crippen LogP contribution in [0, 0.1) is 0 Å². The summed E-state index contributed by atoms with van der Waals surface area (Å²) in [6.07, 6.45) is 1.86. The highest BCUT2D eigenvalue weighted by atomic mass is 32.2. The standard InChI is InChI=1S/C17H14N4O3S/c1-10(25-17-20-19-14-4-2-3-7-21(14)17)16(23)11-5-6-13-12(8-11)18-15(22)9-24-13/h2-8,10H,9H2,1H3,(H,18,22)/t10-/m1/s1. The van der Waals surface area contributed by atoms with E-state index in [1.165, 1.54) is 11.8 Å². The third kappa shape index (κ3) is 2.96. The number of carbonyl (C=O) groups is 2. The van der Waals surface area contributed by atoms with Gasteiger partial charge in [-0.2, -0.15) is 0 Å². The highest BCUT2D eigenvalue weighted by Gasteiger charge is 2.22. The number of hydrogen-bond donors (Lipinski definition) is 1. The van der Waals surface area contributed by atoms with E-state index >= 15 is 0 Å². The molecule has 4 rings (SSSR count). The summed E-state index contributed by atoms with van der Waals surface area (Å²) in [6, 6.07) is 10.7. The van der Waals surface area contributed by atoms with Crippen molar-refractivity contribution in [1.29, 1.82) is 0 Å². The molecule has 3 heterocycles. The molecule has 7 nitrogen and oxygen atoms in total. The highest BCUT2D eigenvalue weighted by molar-refractivity contribution is 8.00. The number of Topliss-reactive ketones (excluding diaryl/α,β-unsaturated/α-hetero) is 1. The van der Waals surface area contributed by atoms with E-state index in [1.807, 2.05) is 35.7 Å². The van der Waals surface area contributed by atoms with Crippen LogP contribution in [0.3, 0.4) is 0 Å². The summed E-state index contributed by atoms with van der Waals surface area (Å²) in [5.74, 6) is 0.287. The van der Waals surface area contributed by atoms with Crippen molar-refractivity contribution in [2.45, 2.75) is 17.3 Å². The molecular formula is C17H14N4O3S. The minimum absolute atomic E-state index is 0.00744. The lowest BCUT2D eigenvalue weighted by molar-refractivity contribution is -0.118. The van der Waals surface area contributed by atoms with Gasteiger partial charge in [0.15, 0.2) is 23.2 Å². The van der Waals surface area contributed by atoms with Crippen LogP contribution in [0.1, 0.15) is 17.3 Å². The molecule has 0 spiro atoms. The Kier molecular flexibility index (Phi) is 3.89. The zero-order valence-corrected chi connectivity index (χ0v) is 14.1. The van der Waals surface area contributed by atoms with Crippen molar-refractivity contribution in [2.24, 2.45) is 0 Å². The molecule has 1 atom stereocenters. The summed E-state index contributed by atoms with van der Waals surface area (Å²) in [6.45, 7) is 1.82. The molecule has 1 N–H and O–H groups in total. The molecule has 2 aromatic heterocycles. The molecule has 0 aliphatic carbocycles. The van der Waals surface area contributed by atoms with Gasteiger partial charge in [0.05, 0.1) is 10.9 Å². The lowest BCUT2D eigenvalue weighted by Crippen LogP contribution is -2.25. The first-order chi connectivity index (χ1) is 12.1. The van der Waals surface area contributed by atoms with Crippen molar-refractivity contribution in [1.82, 2.24) is 14.6 Å². The Bertz CT molecular complexity index is 985. The van der Waals surface area contributed by atoms with Crippen LogP contribution in [0.2, 0.25) is 0 Å². The number of nitrogens with one attached hydrogen (secondary N) is 1. The van der Waals surface area contributed by atoms with Gasteiger partial charge in [0, 0.05) is 11.8 Å². The van der Waals surface area contributed by atoms with Gasteiger partial charge in [0.1, 0.15) is 5.75 Å². The molecule has 8 heteroatoms. The summed E-state index contributed by atoms with van der Waals surface area (Å²) < 4.78 is 7.16. The van der Waals surface area contributed by atoms with Gasteiger partial charge in [0.2, 0.25) is 0 Å². The number of nitrogens with zero attached hydrogens (tertiary/aromatic N) is 3. The van der Waals surface area contributed by atoms with E-state index in [2.05, 4.69) is 15.5 Å². The van der Waals surface area contributed by atoms with Crippen LogP contribution in [-0.4, -0.2) is 38.1 Å². The maximum Gasteiger partial charge on any atom is 0.262 e. The molecule has 126 valence electrons. The number of aromatic nitrogens is 3. The van der Waals surface area contributed by atoms with E-state index in [0.717, 1.165) is 5.65 Å². The van der Waals surface area contributed by atoms with Crippen LogP contribution < -0.4 is 10.1 Å². The average Bonchev–Trinajstić information content (AvgIpc) is 3.03. The number of ether oxygens (including phenoxy) is 1. The predicted octanol–water partition coefficient (Wildman–Crippen LogP) is 2.42. The average molecular weight is 354 g/mol. The molecule has 0 radical (unpaired) electrons. The van der Waals surface area contributed by atoms with Gasteiger partial charge < -0.3 is 10.1 Å². The van der Waals surface area contributed by atoms with E-state index in [0.29, 0.717) is 22.2 Å². The first kappa shape index (κ1) is 15.6. The summed E-state index contributed by atoms with van der Waals surface area (Å²) >= 11 is 1.34. The quantitative estimate of drug-likeness (QED) is 0.572. The van der Waals surface area contributed by atoms with E-state index < -0.39 is 0 Å². The smallest absolute Gasteiger partial charge is 0.262 e. The Hall–Kier alpha value is -2.87. The third-order valence-corrected chi connectivity index (χ3v) is 4.89. The Morgan fingerprint density at radius 2 is 2.20 bits per heavy atom. The maximum atomic E-state index is 12.7. The molecule has 0 saturated carbocycles. The fourth-order valence-corrected chi connectivity index (χ4v) is 3.50. The second-order valence-electron chi connectivity index (χ2n) is 5.58.